The van der Waals surface area contributed by atoms with Crippen molar-refractivity contribution in [3.05, 3.63) is 47.2 Å². The highest BCUT2D eigenvalue weighted by Crippen LogP contribution is 2.22. The Morgan fingerprint density at radius 1 is 1.07 bits per heavy atom. The van der Waals surface area contributed by atoms with Crippen LogP contribution in [0.15, 0.2) is 35.4 Å². The molecule has 1 aliphatic rings. The summed E-state index contributed by atoms with van der Waals surface area (Å²) < 4.78 is 27.8. The number of aryl methyl sites for hydroxylation is 3. The molecule has 3 rings (SSSR count). The first-order valence-electron chi connectivity index (χ1n) is 10.3. The number of anilines is 2. The monoisotopic (exact) mass is 430 g/mol. The fourth-order valence-corrected chi connectivity index (χ4v) is 5.44. The molecular weight excluding hydrogens is 400 g/mol. The van der Waals surface area contributed by atoms with Gasteiger partial charge < -0.3 is 10.2 Å². The zero-order chi connectivity index (χ0) is 21.7. The first kappa shape index (κ1) is 22.2. The predicted octanol–water partition coefficient (Wildman–Crippen LogP) is 3.30. The molecule has 162 valence electrons. The fourth-order valence-electron chi connectivity index (χ4n) is 3.96. The number of pyridine rings is 1. The molecule has 2 N–H and O–H groups in total. The Hall–Kier alpha value is -2.45. The average molecular weight is 431 g/mol. The van der Waals surface area contributed by atoms with E-state index in [0.29, 0.717) is 16.8 Å². The van der Waals surface area contributed by atoms with Crippen LogP contribution in [0.2, 0.25) is 0 Å². The number of carbonyl (C=O) groups is 1. The minimum atomic E-state index is -3.67. The molecule has 7 nitrogen and oxygen atoms in total. The standard InChI is InChI=1S/C22H30N4O3S/c1-16-13-17(2)22(18(3)14-16)30(28,29)24-10-9-21(27)25-19-7-8-20(23-15-19)26-11-5-4-6-12-26/h7-8,13-15,24H,4-6,9-12H2,1-3H3,(H,25,27). The fraction of sp³-hybridized carbons (Fsp3) is 0.455. The molecule has 0 atom stereocenters. The van der Waals surface area contributed by atoms with Gasteiger partial charge in [0.15, 0.2) is 0 Å². The van der Waals surface area contributed by atoms with Crippen LogP contribution in [0.3, 0.4) is 0 Å². The smallest absolute Gasteiger partial charge is 0.241 e. The molecule has 8 heteroatoms. The van der Waals surface area contributed by atoms with Crippen molar-refractivity contribution in [1.29, 1.82) is 0 Å². The summed E-state index contributed by atoms with van der Waals surface area (Å²) in [6, 6.07) is 7.42. The van der Waals surface area contributed by atoms with Gasteiger partial charge >= 0.3 is 0 Å². The van der Waals surface area contributed by atoms with Gasteiger partial charge in [-0.05, 0) is 63.3 Å². The number of amides is 1. The molecule has 30 heavy (non-hydrogen) atoms. The van der Waals surface area contributed by atoms with E-state index in [2.05, 4.69) is 19.9 Å². The zero-order valence-electron chi connectivity index (χ0n) is 17.9. The molecule has 1 aromatic heterocycles. The largest absolute Gasteiger partial charge is 0.357 e. The predicted molar refractivity (Wildman–Crippen MR) is 119 cm³/mol. The quantitative estimate of drug-likeness (QED) is 0.703. The highest BCUT2D eigenvalue weighted by atomic mass is 32.2. The molecule has 1 aliphatic heterocycles. The first-order valence-corrected chi connectivity index (χ1v) is 11.8. The van der Waals surface area contributed by atoms with Crippen molar-refractivity contribution in [1.82, 2.24) is 9.71 Å². The molecule has 1 fully saturated rings. The Morgan fingerprint density at radius 2 is 1.73 bits per heavy atom. The first-order chi connectivity index (χ1) is 14.3. The highest BCUT2D eigenvalue weighted by Gasteiger charge is 2.20. The van der Waals surface area contributed by atoms with Crippen molar-refractivity contribution >= 4 is 27.4 Å². The van der Waals surface area contributed by atoms with Crippen molar-refractivity contribution < 1.29 is 13.2 Å². The van der Waals surface area contributed by atoms with E-state index < -0.39 is 10.0 Å². The third-order valence-corrected chi connectivity index (χ3v) is 6.99. The summed E-state index contributed by atoms with van der Waals surface area (Å²) in [4.78, 5) is 19.2. The summed E-state index contributed by atoms with van der Waals surface area (Å²) >= 11 is 0. The van der Waals surface area contributed by atoms with Crippen LogP contribution in [-0.2, 0) is 14.8 Å². The molecule has 2 aromatic rings. The third-order valence-electron chi connectivity index (χ3n) is 5.23. The summed E-state index contributed by atoms with van der Waals surface area (Å²) in [5.74, 6) is 0.659. The van der Waals surface area contributed by atoms with E-state index in [1.807, 2.05) is 31.2 Å². The van der Waals surface area contributed by atoms with E-state index in [1.165, 1.54) is 19.3 Å². The summed E-state index contributed by atoms with van der Waals surface area (Å²) in [6.45, 7) is 7.55. The second-order valence-electron chi connectivity index (χ2n) is 7.88. The normalized spacial score (nSPS) is 14.6. The van der Waals surface area contributed by atoms with Crippen molar-refractivity contribution in [2.45, 2.75) is 51.3 Å². The minimum Gasteiger partial charge on any atom is -0.357 e. The molecule has 1 amide bonds. The van der Waals surface area contributed by atoms with E-state index in [4.69, 9.17) is 0 Å². The number of benzene rings is 1. The Bertz CT molecular complexity index is 975. The second-order valence-corrected chi connectivity index (χ2v) is 9.58. The summed E-state index contributed by atoms with van der Waals surface area (Å²) in [6.07, 6.45) is 5.30. The van der Waals surface area contributed by atoms with E-state index in [9.17, 15) is 13.2 Å². The van der Waals surface area contributed by atoms with Crippen molar-refractivity contribution in [2.24, 2.45) is 0 Å². The maximum absolute atomic E-state index is 12.7. The molecule has 1 saturated heterocycles. The number of sulfonamides is 1. The number of aromatic nitrogens is 1. The minimum absolute atomic E-state index is 0.0280. The van der Waals surface area contributed by atoms with E-state index in [-0.39, 0.29) is 23.8 Å². The van der Waals surface area contributed by atoms with Gasteiger partial charge in [0.25, 0.3) is 0 Å². The van der Waals surface area contributed by atoms with E-state index in [0.717, 1.165) is 24.5 Å². The molecule has 0 spiro atoms. The van der Waals surface area contributed by atoms with Gasteiger partial charge in [0.2, 0.25) is 15.9 Å². The molecule has 0 radical (unpaired) electrons. The molecule has 0 saturated carbocycles. The molecular formula is C22H30N4O3S. The van der Waals surface area contributed by atoms with Gasteiger partial charge in [0, 0.05) is 26.1 Å². The number of nitrogens with zero attached hydrogens (tertiary/aromatic N) is 2. The van der Waals surface area contributed by atoms with Gasteiger partial charge in [-0.15, -0.1) is 0 Å². The average Bonchev–Trinajstić information content (AvgIpc) is 2.68. The van der Waals surface area contributed by atoms with Crippen LogP contribution >= 0.6 is 0 Å². The lowest BCUT2D eigenvalue weighted by Gasteiger charge is -2.27. The van der Waals surface area contributed by atoms with Gasteiger partial charge in [-0.2, -0.15) is 0 Å². The van der Waals surface area contributed by atoms with Crippen LogP contribution in [0.5, 0.6) is 0 Å². The van der Waals surface area contributed by atoms with Crippen molar-refractivity contribution in [3.8, 4) is 0 Å². The van der Waals surface area contributed by atoms with Gasteiger partial charge in [-0.3, -0.25) is 4.79 Å². The third kappa shape index (κ3) is 5.58. The van der Waals surface area contributed by atoms with Crippen LogP contribution < -0.4 is 14.9 Å². The molecule has 1 aromatic carbocycles. The van der Waals surface area contributed by atoms with Crippen LogP contribution in [0.4, 0.5) is 11.5 Å². The summed E-state index contributed by atoms with van der Waals surface area (Å²) in [7, 11) is -3.67. The molecule has 2 heterocycles. The number of rotatable bonds is 7. The molecule has 0 unspecified atom stereocenters. The number of carbonyl (C=O) groups excluding carboxylic acids is 1. The van der Waals surface area contributed by atoms with Crippen molar-refractivity contribution in [2.75, 3.05) is 29.9 Å². The van der Waals surface area contributed by atoms with Crippen LogP contribution in [-0.4, -0.2) is 38.9 Å². The Morgan fingerprint density at radius 3 is 2.33 bits per heavy atom. The number of nitrogens with one attached hydrogen (secondary N) is 2. The maximum Gasteiger partial charge on any atom is 0.241 e. The van der Waals surface area contributed by atoms with Crippen molar-refractivity contribution in [3.63, 3.8) is 0 Å². The maximum atomic E-state index is 12.7. The summed E-state index contributed by atoms with van der Waals surface area (Å²) in [5, 5.41) is 2.77. The number of piperidine rings is 1. The van der Waals surface area contributed by atoms with Gasteiger partial charge in [-0.25, -0.2) is 18.1 Å². The Labute approximate surface area is 178 Å². The van der Waals surface area contributed by atoms with E-state index in [1.54, 1.807) is 20.0 Å². The van der Waals surface area contributed by atoms with Crippen LogP contribution in [0.1, 0.15) is 42.4 Å². The van der Waals surface area contributed by atoms with Crippen LogP contribution in [0.25, 0.3) is 0 Å². The zero-order valence-corrected chi connectivity index (χ0v) is 18.7. The lowest BCUT2D eigenvalue weighted by atomic mass is 10.1. The molecule has 0 aliphatic carbocycles. The highest BCUT2D eigenvalue weighted by molar-refractivity contribution is 7.89. The van der Waals surface area contributed by atoms with Gasteiger partial charge in [0.05, 0.1) is 16.8 Å². The SMILES string of the molecule is Cc1cc(C)c(S(=O)(=O)NCCC(=O)Nc2ccc(N3CCCCC3)nc2)c(C)c1. The van der Waals surface area contributed by atoms with Gasteiger partial charge in [-0.1, -0.05) is 17.7 Å². The Kier molecular flexibility index (Phi) is 7.10. The van der Waals surface area contributed by atoms with E-state index >= 15 is 0 Å². The lowest BCUT2D eigenvalue weighted by Crippen LogP contribution is -2.30. The van der Waals surface area contributed by atoms with Gasteiger partial charge in [0.1, 0.15) is 5.82 Å². The number of hydrogen-bond acceptors (Lipinski definition) is 5. The Balaban J connectivity index is 1.52. The lowest BCUT2D eigenvalue weighted by molar-refractivity contribution is -0.116. The van der Waals surface area contributed by atoms with Crippen LogP contribution in [0, 0.1) is 20.8 Å². The number of hydrogen-bond donors (Lipinski definition) is 2. The second kappa shape index (κ2) is 9.57. The topological polar surface area (TPSA) is 91.4 Å². The summed E-state index contributed by atoms with van der Waals surface area (Å²) in [5.41, 5.74) is 3.02. The molecule has 0 bridgehead atoms.